The number of aromatic carboxylic acids is 1. The molecule has 1 rings (SSSR count). The summed E-state index contributed by atoms with van der Waals surface area (Å²) in [5.74, 6) is -1.55. The summed E-state index contributed by atoms with van der Waals surface area (Å²) in [6.45, 7) is 2.64. The summed E-state index contributed by atoms with van der Waals surface area (Å²) in [4.78, 5) is 10.7. The number of sulfonamides is 1. The van der Waals surface area contributed by atoms with E-state index in [1.54, 1.807) is 0 Å². The van der Waals surface area contributed by atoms with Crippen molar-refractivity contribution in [1.82, 2.24) is 4.72 Å². The highest BCUT2D eigenvalue weighted by Crippen LogP contribution is 2.27. The van der Waals surface area contributed by atoms with E-state index in [1.807, 2.05) is 0 Å². The molecule has 0 aliphatic heterocycles. The minimum absolute atomic E-state index is 0.0370. The van der Waals surface area contributed by atoms with Crippen LogP contribution < -0.4 is 4.72 Å². The summed E-state index contributed by atoms with van der Waals surface area (Å²) in [7, 11) is -4.27. The molecule has 0 spiro atoms. The minimum atomic E-state index is -4.27. The first kappa shape index (κ1) is 16.6. The van der Waals surface area contributed by atoms with E-state index in [0.717, 1.165) is 0 Å². The van der Waals surface area contributed by atoms with Crippen molar-refractivity contribution in [2.24, 2.45) is 0 Å². The fourth-order valence-corrected chi connectivity index (χ4v) is 3.52. The first-order valence-electron chi connectivity index (χ1n) is 5.67. The molecule has 0 aromatic carbocycles. The molecule has 20 heavy (non-hydrogen) atoms. The van der Waals surface area contributed by atoms with Gasteiger partial charge in [0.05, 0.1) is 18.8 Å². The zero-order valence-electron chi connectivity index (χ0n) is 11.3. The number of hydrogen-bond donors (Lipinski definition) is 4. The molecule has 0 bridgehead atoms. The Morgan fingerprint density at radius 1 is 1.25 bits per heavy atom. The van der Waals surface area contributed by atoms with Crippen LogP contribution in [0, 0.1) is 13.8 Å². The van der Waals surface area contributed by atoms with Crippen molar-refractivity contribution in [3.8, 4) is 0 Å². The van der Waals surface area contributed by atoms with Gasteiger partial charge in [0.2, 0.25) is 10.0 Å². The van der Waals surface area contributed by atoms with Gasteiger partial charge in [0.1, 0.15) is 22.0 Å². The maximum absolute atomic E-state index is 12.3. The molecule has 0 aliphatic carbocycles. The topological polar surface area (TPSA) is 137 Å². The van der Waals surface area contributed by atoms with Crippen molar-refractivity contribution in [1.29, 1.82) is 0 Å². The molecule has 0 saturated heterocycles. The number of carbonyl (C=O) groups is 1. The Hall–Kier alpha value is -1.42. The van der Waals surface area contributed by atoms with Crippen LogP contribution in [0.4, 0.5) is 0 Å². The van der Waals surface area contributed by atoms with E-state index in [0.29, 0.717) is 0 Å². The van der Waals surface area contributed by atoms with Crippen molar-refractivity contribution in [2.45, 2.75) is 31.2 Å². The molecule has 8 nitrogen and oxygen atoms in total. The number of rotatable bonds is 6. The fraction of sp³-hybridized carbons (Fsp3) is 0.545. The smallest absolute Gasteiger partial charge is 0.340 e. The van der Waals surface area contributed by atoms with Gasteiger partial charge in [0, 0.05) is 0 Å². The Morgan fingerprint density at radius 3 is 2.15 bits per heavy atom. The third kappa shape index (κ3) is 3.01. The van der Waals surface area contributed by atoms with Crippen LogP contribution in [-0.2, 0) is 10.0 Å². The molecular formula is C11H17NO7S. The molecule has 114 valence electrons. The predicted molar refractivity (Wildman–Crippen MR) is 68.0 cm³/mol. The number of carboxylic acids is 1. The molecule has 0 saturated carbocycles. The third-order valence-electron chi connectivity index (χ3n) is 2.77. The second-order valence-electron chi connectivity index (χ2n) is 4.71. The molecule has 0 atom stereocenters. The van der Waals surface area contributed by atoms with Gasteiger partial charge in [0.25, 0.3) is 0 Å². The molecule has 0 radical (unpaired) electrons. The number of aliphatic hydroxyl groups is 2. The highest BCUT2D eigenvalue weighted by Gasteiger charge is 2.36. The van der Waals surface area contributed by atoms with Crippen molar-refractivity contribution in [2.75, 3.05) is 13.2 Å². The van der Waals surface area contributed by atoms with Crippen molar-refractivity contribution < 1.29 is 32.9 Å². The normalized spacial score (nSPS) is 12.7. The lowest BCUT2D eigenvalue weighted by molar-refractivity contribution is 0.0691. The fourth-order valence-electron chi connectivity index (χ4n) is 1.72. The summed E-state index contributed by atoms with van der Waals surface area (Å²) < 4.78 is 31.7. The molecule has 1 aromatic rings. The average Bonchev–Trinajstić information content (AvgIpc) is 2.64. The Labute approximate surface area is 116 Å². The lowest BCUT2D eigenvalue weighted by atomic mass is 10.1. The number of aryl methyl sites for hydroxylation is 2. The van der Waals surface area contributed by atoms with Gasteiger partial charge in [-0.3, -0.25) is 0 Å². The van der Waals surface area contributed by atoms with E-state index >= 15 is 0 Å². The summed E-state index contributed by atoms with van der Waals surface area (Å²) >= 11 is 0. The van der Waals surface area contributed by atoms with Crippen LogP contribution in [0.3, 0.4) is 0 Å². The SMILES string of the molecule is Cc1oc(C)c(S(=O)(=O)NC(C)(CO)CO)c1C(=O)O. The maximum Gasteiger partial charge on any atom is 0.340 e. The van der Waals surface area contributed by atoms with E-state index in [-0.39, 0.29) is 11.5 Å². The van der Waals surface area contributed by atoms with E-state index in [9.17, 15) is 13.2 Å². The predicted octanol–water partition coefficient (Wildman–Crippen LogP) is -0.384. The van der Waals surface area contributed by atoms with Crippen LogP contribution in [0.5, 0.6) is 0 Å². The Bertz CT molecular complexity index is 613. The molecule has 1 heterocycles. The van der Waals surface area contributed by atoms with Gasteiger partial charge >= 0.3 is 5.97 Å². The molecule has 0 fully saturated rings. The van der Waals surface area contributed by atoms with E-state index in [4.69, 9.17) is 19.7 Å². The maximum atomic E-state index is 12.3. The highest BCUT2D eigenvalue weighted by molar-refractivity contribution is 7.89. The van der Waals surface area contributed by atoms with Gasteiger partial charge in [-0.05, 0) is 20.8 Å². The molecule has 4 N–H and O–H groups in total. The van der Waals surface area contributed by atoms with Crippen LogP contribution in [-0.4, -0.2) is 48.5 Å². The number of furan rings is 1. The molecule has 0 amide bonds. The van der Waals surface area contributed by atoms with Crippen molar-refractivity contribution >= 4 is 16.0 Å². The van der Waals surface area contributed by atoms with E-state index in [2.05, 4.69) is 4.72 Å². The largest absolute Gasteiger partial charge is 0.478 e. The molecular weight excluding hydrogens is 290 g/mol. The van der Waals surface area contributed by atoms with Gasteiger partial charge in [-0.25, -0.2) is 17.9 Å². The minimum Gasteiger partial charge on any atom is -0.478 e. The number of aliphatic hydroxyl groups excluding tert-OH is 2. The Kier molecular flexibility index (Phi) is 4.59. The number of nitrogens with one attached hydrogen (secondary N) is 1. The van der Waals surface area contributed by atoms with Crippen LogP contribution in [0.1, 0.15) is 28.8 Å². The Balaban J connectivity index is 3.41. The number of carboxylic acid groups (broad SMARTS) is 1. The molecule has 9 heteroatoms. The first-order chi connectivity index (χ1) is 9.08. The molecule has 0 unspecified atom stereocenters. The van der Waals surface area contributed by atoms with Gasteiger partial charge in [0.15, 0.2) is 0 Å². The third-order valence-corrected chi connectivity index (χ3v) is 4.56. The first-order valence-corrected chi connectivity index (χ1v) is 7.15. The Morgan fingerprint density at radius 2 is 1.75 bits per heavy atom. The van der Waals surface area contributed by atoms with Crippen LogP contribution in [0.15, 0.2) is 9.31 Å². The van der Waals surface area contributed by atoms with Crippen molar-refractivity contribution in [3.63, 3.8) is 0 Å². The zero-order chi connectivity index (χ0) is 15.7. The van der Waals surface area contributed by atoms with Crippen LogP contribution in [0.25, 0.3) is 0 Å². The lowest BCUT2D eigenvalue weighted by Crippen LogP contribution is -2.51. The quantitative estimate of drug-likeness (QED) is 0.562. The monoisotopic (exact) mass is 307 g/mol. The number of hydrogen-bond acceptors (Lipinski definition) is 6. The highest BCUT2D eigenvalue weighted by atomic mass is 32.2. The van der Waals surface area contributed by atoms with Crippen molar-refractivity contribution in [3.05, 3.63) is 17.1 Å². The zero-order valence-corrected chi connectivity index (χ0v) is 12.1. The lowest BCUT2D eigenvalue weighted by Gasteiger charge is -2.25. The second-order valence-corrected chi connectivity index (χ2v) is 6.33. The van der Waals surface area contributed by atoms with E-state index in [1.165, 1.54) is 20.8 Å². The molecule has 1 aromatic heterocycles. The summed E-state index contributed by atoms with van der Waals surface area (Å²) in [6, 6.07) is 0. The summed E-state index contributed by atoms with van der Waals surface area (Å²) in [5.41, 5.74) is -1.97. The average molecular weight is 307 g/mol. The van der Waals surface area contributed by atoms with Gasteiger partial charge in [-0.1, -0.05) is 0 Å². The molecule has 0 aliphatic rings. The van der Waals surface area contributed by atoms with Gasteiger partial charge < -0.3 is 19.7 Å². The van der Waals surface area contributed by atoms with Gasteiger partial charge in [-0.15, -0.1) is 0 Å². The summed E-state index contributed by atoms with van der Waals surface area (Å²) in [6.07, 6.45) is 0. The standard InChI is InChI=1S/C11H17NO7S/c1-6-8(10(15)16)9(7(2)19-6)20(17,18)12-11(3,4-13)5-14/h12-14H,4-5H2,1-3H3,(H,15,16). The van der Waals surface area contributed by atoms with Crippen LogP contribution >= 0.6 is 0 Å². The van der Waals surface area contributed by atoms with E-state index < -0.39 is 45.2 Å². The van der Waals surface area contributed by atoms with Gasteiger partial charge in [-0.2, -0.15) is 0 Å². The van der Waals surface area contributed by atoms with Crippen LogP contribution in [0.2, 0.25) is 0 Å². The second kappa shape index (κ2) is 5.52. The summed E-state index contributed by atoms with van der Waals surface area (Å²) in [5, 5.41) is 27.3.